The van der Waals surface area contributed by atoms with E-state index in [-0.39, 0.29) is 0 Å². The van der Waals surface area contributed by atoms with Gasteiger partial charge in [-0.05, 0) is 61.8 Å². The van der Waals surface area contributed by atoms with Gasteiger partial charge < -0.3 is 14.2 Å². The Morgan fingerprint density at radius 3 is 2.27 bits per heavy atom. The van der Waals surface area contributed by atoms with Gasteiger partial charge in [-0.3, -0.25) is 9.69 Å². The molecule has 2 aromatic carbocycles. The van der Waals surface area contributed by atoms with E-state index in [2.05, 4.69) is 96.0 Å². The van der Waals surface area contributed by atoms with Crippen molar-refractivity contribution >= 4 is 22.5 Å². The molecule has 2 fully saturated rings. The molecule has 3 heterocycles. The predicted octanol–water partition coefficient (Wildman–Crippen LogP) is 8.38. The van der Waals surface area contributed by atoms with E-state index in [0.29, 0.717) is 12.2 Å². The molecule has 4 aromatic rings. The number of ketones is 1. The van der Waals surface area contributed by atoms with Gasteiger partial charge in [-0.25, -0.2) is 9.97 Å². The molecule has 2 aliphatic rings. The maximum atomic E-state index is 13.6. The van der Waals surface area contributed by atoms with Gasteiger partial charge in [0.15, 0.2) is 5.78 Å². The van der Waals surface area contributed by atoms with Gasteiger partial charge in [0.25, 0.3) is 0 Å². The highest BCUT2D eigenvalue weighted by Gasteiger charge is 2.23. The molecule has 48 heavy (non-hydrogen) atoms. The van der Waals surface area contributed by atoms with Crippen LogP contribution in [0.3, 0.4) is 0 Å². The Kier molecular flexibility index (Phi) is 11.9. The number of benzene rings is 2. The summed E-state index contributed by atoms with van der Waals surface area (Å²) in [5, 5.41) is 1.12. The van der Waals surface area contributed by atoms with Crippen LogP contribution in [0.4, 0.5) is 5.82 Å². The highest BCUT2D eigenvalue weighted by atomic mass is 16.5. The summed E-state index contributed by atoms with van der Waals surface area (Å²) in [6.45, 7) is 7.83. The maximum Gasteiger partial charge on any atom is 0.164 e. The van der Waals surface area contributed by atoms with Crippen molar-refractivity contribution in [3.8, 4) is 11.3 Å². The molecule has 1 aliphatic carbocycles. The van der Waals surface area contributed by atoms with Gasteiger partial charge in [-0.1, -0.05) is 81.0 Å². The number of nitrogens with zero attached hydrogens (tertiary/aromatic N) is 5. The van der Waals surface area contributed by atoms with E-state index in [1.54, 1.807) is 0 Å². The zero-order valence-corrected chi connectivity index (χ0v) is 29.5. The summed E-state index contributed by atoms with van der Waals surface area (Å²) in [7, 11) is 4.11. The third kappa shape index (κ3) is 8.72. The van der Waals surface area contributed by atoms with Crippen molar-refractivity contribution in [2.75, 3.05) is 51.8 Å². The lowest BCUT2D eigenvalue weighted by Crippen LogP contribution is -2.37. The SMILES string of the molecule is Cc1c(C(=O)CCCC2CCC(CCCc3nc(N(C)C)c4ccccc4n3)CC2)cc(-c2ccccc2)n1CCCN1CCOCC1. The fraction of sp³-hybridized carbons (Fsp3) is 0.537. The molecule has 0 N–H and O–H groups in total. The molecule has 0 bridgehead atoms. The summed E-state index contributed by atoms with van der Waals surface area (Å²) in [5.74, 6) is 3.84. The number of ether oxygens (including phenoxy) is 1. The second kappa shape index (κ2) is 16.7. The summed E-state index contributed by atoms with van der Waals surface area (Å²) in [6.07, 6.45) is 12.4. The lowest BCUT2D eigenvalue weighted by molar-refractivity contribution is 0.0369. The molecule has 0 atom stereocenters. The minimum Gasteiger partial charge on any atom is -0.379 e. The first-order chi connectivity index (χ1) is 23.5. The van der Waals surface area contributed by atoms with E-state index >= 15 is 0 Å². The molecule has 7 nitrogen and oxygen atoms in total. The molecule has 6 rings (SSSR count). The number of morpholine rings is 1. The molecule has 2 aromatic heterocycles. The Morgan fingerprint density at radius 1 is 0.854 bits per heavy atom. The van der Waals surface area contributed by atoms with Crippen LogP contribution in [0.25, 0.3) is 22.2 Å². The zero-order chi connectivity index (χ0) is 33.3. The maximum absolute atomic E-state index is 13.6. The first kappa shape index (κ1) is 34.3. The Hall–Kier alpha value is -3.55. The van der Waals surface area contributed by atoms with Crippen LogP contribution in [0.2, 0.25) is 0 Å². The van der Waals surface area contributed by atoms with Crippen molar-refractivity contribution < 1.29 is 9.53 Å². The molecule has 0 unspecified atom stereocenters. The number of Topliss-reactive ketones (excluding diaryl/α,β-unsaturated/α-hetero) is 1. The Labute approximate surface area is 287 Å². The number of carbonyl (C=O) groups is 1. The van der Waals surface area contributed by atoms with Crippen LogP contribution in [0.15, 0.2) is 60.7 Å². The summed E-state index contributed by atoms with van der Waals surface area (Å²) in [5.41, 5.74) is 5.42. The number of para-hydroxylation sites is 1. The fourth-order valence-electron chi connectivity index (χ4n) is 7.94. The Morgan fingerprint density at radius 2 is 1.54 bits per heavy atom. The van der Waals surface area contributed by atoms with Gasteiger partial charge in [-0.2, -0.15) is 0 Å². The van der Waals surface area contributed by atoms with E-state index in [4.69, 9.17) is 14.7 Å². The number of fused-ring (bicyclic) bond motifs is 1. The van der Waals surface area contributed by atoms with Gasteiger partial charge in [0.1, 0.15) is 11.6 Å². The van der Waals surface area contributed by atoms with E-state index in [1.807, 2.05) is 0 Å². The lowest BCUT2D eigenvalue weighted by atomic mass is 9.78. The third-order valence-electron chi connectivity index (χ3n) is 10.7. The van der Waals surface area contributed by atoms with Crippen LogP contribution in [0.1, 0.15) is 86.1 Å². The van der Waals surface area contributed by atoms with Gasteiger partial charge in [-0.15, -0.1) is 0 Å². The minimum absolute atomic E-state index is 0.304. The van der Waals surface area contributed by atoms with E-state index in [9.17, 15) is 4.79 Å². The van der Waals surface area contributed by atoms with Crippen molar-refractivity contribution in [2.24, 2.45) is 11.8 Å². The van der Waals surface area contributed by atoms with Crippen LogP contribution >= 0.6 is 0 Å². The van der Waals surface area contributed by atoms with Crippen molar-refractivity contribution in [3.05, 3.63) is 77.7 Å². The van der Waals surface area contributed by atoms with Crippen molar-refractivity contribution in [2.45, 2.75) is 84.1 Å². The van der Waals surface area contributed by atoms with Crippen molar-refractivity contribution in [1.29, 1.82) is 0 Å². The molecule has 1 saturated heterocycles. The summed E-state index contributed by atoms with van der Waals surface area (Å²) in [4.78, 5) is 28.0. The van der Waals surface area contributed by atoms with E-state index < -0.39 is 0 Å². The lowest BCUT2D eigenvalue weighted by Gasteiger charge is -2.28. The van der Waals surface area contributed by atoms with Crippen LogP contribution < -0.4 is 4.90 Å². The predicted molar refractivity (Wildman–Crippen MR) is 197 cm³/mol. The van der Waals surface area contributed by atoms with Crippen molar-refractivity contribution in [3.63, 3.8) is 0 Å². The third-order valence-corrected chi connectivity index (χ3v) is 10.7. The second-order valence-corrected chi connectivity index (χ2v) is 14.3. The largest absolute Gasteiger partial charge is 0.379 e. The van der Waals surface area contributed by atoms with Crippen LogP contribution in [-0.4, -0.2) is 72.2 Å². The Balaban J connectivity index is 0.957. The number of carbonyl (C=O) groups excluding carboxylic acids is 1. The average molecular weight is 650 g/mol. The van der Waals surface area contributed by atoms with E-state index in [0.717, 1.165) is 111 Å². The number of rotatable bonds is 15. The quantitative estimate of drug-likeness (QED) is 0.121. The molecule has 0 amide bonds. The van der Waals surface area contributed by atoms with Gasteiger partial charge in [0.2, 0.25) is 0 Å². The average Bonchev–Trinajstić information content (AvgIpc) is 3.45. The summed E-state index contributed by atoms with van der Waals surface area (Å²) < 4.78 is 7.91. The molecular formula is C41H55N5O2. The van der Waals surface area contributed by atoms with Gasteiger partial charge in [0, 0.05) is 75.5 Å². The molecule has 1 saturated carbocycles. The van der Waals surface area contributed by atoms with Crippen LogP contribution in [0, 0.1) is 18.8 Å². The standard InChI is InChI=1S/C41H55N5O2/c1-31-36(30-38(34-14-5-4-6-15-34)46(31)25-11-24-45-26-28-48-29-27-45)39(47)18-9-12-32-20-22-33(23-21-32)13-10-19-40-42-37-17-8-7-16-35(37)41(43-40)44(2)3/h4-8,14-17,30,32-33H,9-13,18-29H2,1-3H3. The second-order valence-electron chi connectivity index (χ2n) is 14.3. The summed E-state index contributed by atoms with van der Waals surface area (Å²) >= 11 is 0. The fourth-order valence-corrected chi connectivity index (χ4v) is 7.94. The molecule has 256 valence electrons. The van der Waals surface area contributed by atoms with Gasteiger partial charge in [0.05, 0.1) is 18.7 Å². The number of hydrogen-bond acceptors (Lipinski definition) is 6. The molecule has 0 radical (unpaired) electrons. The molecule has 1 aliphatic heterocycles. The number of aromatic nitrogens is 3. The number of anilines is 1. The molecule has 0 spiro atoms. The smallest absolute Gasteiger partial charge is 0.164 e. The highest BCUT2D eigenvalue weighted by molar-refractivity contribution is 5.98. The monoisotopic (exact) mass is 649 g/mol. The van der Waals surface area contributed by atoms with E-state index in [1.165, 1.54) is 49.8 Å². The molecular weight excluding hydrogens is 594 g/mol. The molecule has 7 heteroatoms. The minimum atomic E-state index is 0.304. The summed E-state index contributed by atoms with van der Waals surface area (Å²) in [6, 6.07) is 21.0. The number of hydrogen-bond donors (Lipinski definition) is 0. The van der Waals surface area contributed by atoms with Gasteiger partial charge >= 0.3 is 0 Å². The first-order valence-corrected chi connectivity index (χ1v) is 18.5. The zero-order valence-electron chi connectivity index (χ0n) is 29.5. The van der Waals surface area contributed by atoms with Crippen LogP contribution in [0.5, 0.6) is 0 Å². The van der Waals surface area contributed by atoms with Crippen molar-refractivity contribution in [1.82, 2.24) is 19.4 Å². The topological polar surface area (TPSA) is 63.5 Å². The normalized spacial score (nSPS) is 18.7. The van der Waals surface area contributed by atoms with Crippen LogP contribution in [-0.2, 0) is 17.7 Å². The Bertz CT molecular complexity index is 1620. The first-order valence-electron chi connectivity index (χ1n) is 18.5. The number of aryl methyl sites for hydroxylation is 1. The highest BCUT2D eigenvalue weighted by Crippen LogP contribution is 2.35.